The van der Waals surface area contributed by atoms with Crippen LogP contribution in [0.2, 0.25) is 0 Å². The quantitative estimate of drug-likeness (QED) is 0.670. The summed E-state index contributed by atoms with van der Waals surface area (Å²) < 4.78 is 10.6. The van der Waals surface area contributed by atoms with E-state index in [4.69, 9.17) is 9.47 Å². The summed E-state index contributed by atoms with van der Waals surface area (Å²) in [5, 5.41) is 2.90. The number of carbonyl (C=O) groups is 1. The third kappa shape index (κ3) is 7.26. The Balaban J connectivity index is 2.08. The van der Waals surface area contributed by atoms with Crippen LogP contribution < -0.4 is 5.32 Å². The summed E-state index contributed by atoms with van der Waals surface area (Å²) in [6.07, 6.45) is 2.19. The Labute approximate surface area is 121 Å². The van der Waals surface area contributed by atoms with Crippen molar-refractivity contribution in [2.45, 2.75) is 32.7 Å². The molecule has 1 amide bonds. The minimum Gasteiger partial charge on any atom is -0.379 e. The number of ether oxygens (including phenoxy) is 2. The molecule has 4 nitrogen and oxygen atoms in total. The zero-order valence-electron chi connectivity index (χ0n) is 12.4. The second-order valence-electron chi connectivity index (χ2n) is 4.72. The summed E-state index contributed by atoms with van der Waals surface area (Å²) in [5.74, 6) is -0.102. The van der Waals surface area contributed by atoms with E-state index in [0.717, 1.165) is 25.0 Å². The molecule has 0 aliphatic heterocycles. The molecule has 0 bridgehead atoms. The summed E-state index contributed by atoms with van der Waals surface area (Å²) in [6.45, 7) is 5.92. The second-order valence-corrected chi connectivity index (χ2v) is 4.72. The van der Waals surface area contributed by atoms with Crippen molar-refractivity contribution in [1.82, 2.24) is 5.32 Å². The SMILES string of the molecule is CCCCOCCOCC(=O)NC(C)c1ccccc1. The van der Waals surface area contributed by atoms with Gasteiger partial charge in [-0.25, -0.2) is 0 Å². The van der Waals surface area contributed by atoms with E-state index >= 15 is 0 Å². The van der Waals surface area contributed by atoms with Crippen LogP contribution in [0.4, 0.5) is 0 Å². The molecule has 0 heterocycles. The summed E-state index contributed by atoms with van der Waals surface area (Å²) in [4.78, 5) is 11.7. The Morgan fingerprint density at radius 3 is 2.55 bits per heavy atom. The first-order valence-electron chi connectivity index (χ1n) is 7.23. The Morgan fingerprint density at radius 2 is 1.85 bits per heavy atom. The third-order valence-corrected chi connectivity index (χ3v) is 2.92. The molecular formula is C16H25NO3. The smallest absolute Gasteiger partial charge is 0.246 e. The molecule has 0 aliphatic rings. The number of hydrogen-bond acceptors (Lipinski definition) is 3. The van der Waals surface area contributed by atoms with Gasteiger partial charge in [0.05, 0.1) is 19.3 Å². The molecule has 0 saturated heterocycles. The Hall–Kier alpha value is -1.39. The Morgan fingerprint density at radius 1 is 1.15 bits per heavy atom. The van der Waals surface area contributed by atoms with Crippen LogP contribution in [0.5, 0.6) is 0 Å². The predicted octanol–water partition coefficient (Wildman–Crippen LogP) is 2.70. The number of nitrogens with one attached hydrogen (secondary N) is 1. The molecule has 20 heavy (non-hydrogen) atoms. The fourth-order valence-corrected chi connectivity index (χ4v) is 1.74. The van der Waals surface area contributed by atoms with E-state index in [1.807, 2.05) is 37.3 Å². The zero-order chi connectivity index (χ0) is 14.6. The van der Waals surface area contributed by atoms with Gasteiger partial charge in [0.1, 0.15) is 6.61 Å². The average Bonchev–Trinajstić information content (AvgIpc) is 2.47. The van der Waals surface area contributed by atoms with Gasteiger partial charge in [-0.3, -0.25) is 4.79 Å². The number of rotatable bonds is 10. The predicted molar refractivity (Wildman–Crippen MR) is 79.5 cm³/mol. The maximum absolute atomic E-state index is 11.7. The van der Waals surface area contributed by atoms with E-state index in [1.54, 1.807) is 0 Å². The van der Waals surface area contributed by atoms with Gasteiger partial charge in [0.15, 0.2) is 0 Å². The molecule has 1 aromatic rings. The lowest BCUT2D eigenvalue weighted by atomic mass is 10.1. The molecule has 1 aromatic carbocycles. The highest BCUT2D eigenvalue weighted by Crippen LogP contribution is 2.10. The first-order valence-corrected chi connectivity index (χ1v) is 7.23. The highest BCUT2D eigenvalue weighted by Gasteiger charge is 2.08. The first-order chi connectivity index (χ1) is 9.74. The minimum atomic E-state index is -0.102. The van der Waals surface area contributed by atoms with Crippen molar-refractivity contribution >= 4 is 5.91 Å². The molecule has 0 aromatic heterocycles. The summed E-state index contributed by atoms with van der Waals surface area (Å²) >= 11 is 0. The Bertz CT molecular complexity index is 367. The van der Waals surface area contributed by atoms with Crippen LogP contribution >= 0.6 is 0 Å². The van der Waals surface area contributed by atoms with Crippen LogP contribution in [0.15, 0.2) is 30.3 Å². The van der Waals surface area contributed by atoms with Gasteiger partial charge in [0.25, 0.3) is 0 Å². The molecule has 0 aliphatic carbocycles. The van der Waals surface area contributed by atoms with Crippen molar-refractivity contribution in [1.29, 1.82) is 0 Å². The van der Waals surface area contributed by atoms with E-state index in [9.17, 15) is 4.79 Å². The zero-order valence-corrected chi connectivity index (χ0v) is 12.4. The average molecular weight is 279 g/mol. The molecule has 1 N–H and O–H groups in total. The number of amides is 1. The number of benzene rings is 1. The van der Waals surface area contributed by atoms with Crippen LogP contribution in [0.3, 0.4) is 0 Å². The maximum atomic E-state index is 11.7. The lowest BCUT2D eigenvalue weighted by molar-refractivity contribution is -0.126. The maximum Gasteiger partial charge on any atom is 0.246 e. The van der Waals surface area contributed by atoms with Crippen molar-refractivity contribution in [2.24, 2.45) is 0 Å². The van der Waals surface area contributed by atoms with Crippen LogP contribution in [0, 0.1) is 0 Å². The highest BCUT2D eigenvalue weighted by atomic mass is 16.5. The molecule has 1 atom stereocenters. The molecule has 112 valence electrons. The van der Waals surface area contributed by atoms with E-state index in [1.165, 1.54) is 0 Å². The van der Waals surface area contributed by atoms with Gasteiger partial charge >= 0.3 is 0 Å². The van der Waals surface area contributed by atoms with Crippen molar-refractivity contribution in [3.63, 3.8) is 0 Å². The normalized spacial score (nSPS) is 12.1. The third-order valence-electron chi connectivity index (χ3n) is 2.92. The molecule has 0 radical (unpaired) electrons. The number of hydrogen-bond donors (Lipinski definition) is 1. The molecule has 1 rings (SSSR count). The van der Waals surface area contributed by atoms with Crippen molar-refractivity contribution in [3.8, 4) is 0 Å². The number of carbonyl (C=O) groups excluding carboxylic acids is 1. The summed E-state index contributed by atoms with van der Waals surface area (Å²) in [6, 6.07) is 9.86. The second kappa shape index (κ2) is 10.4. The summed E-state index contributed by atoms with van der Waals surface area (Å²) in [5.41, 5.74) is 1.09. The summed E-state index contributed by atoms with van der Waals surface area (Å²) in [7, 11) is 0. The van der Waals surface area contributed by atoms with Gasteiger partial charge < -0.3 is 14.8 Å². The first kappa shape index (κ1) is 16.7. The fraction of sp³-hybridized carbons (Fsp3) is 0.562. The highest BCUT2D eigenvalue weighted by molar-refractivity contribution is 5.77. The van der Waals surface area contributed by atoms with Gasteiger partial charge in [-0.2, -0.15) is 0 Å². The fourth-order valence-electron chi connectivity index (χ4n) is 1.74. The van der Waals surface area contributed by atoms with Gasteiger partial charge in [-0.1, -0.05) is 43.7 Å². The molecule has 1 unspecified atom stereocenters. The van der Waals surface area contributed by atoms with Crippen LogP contribution in [-0.2, 0) is 14.3 Å². The number of unbranched alkanes of at least 4 members (excludes halogenated alkanes) is 1. The largest absolute Gasteiger partial charge is 0.379 e. The lowest BCUT2D eigenvalue weighted by Gasteiger charge is -2.14. The van der Waals surface area contributed by atoms with Gasteiger partial charge in [-0.15, -0.1) is 0 Å². The van der Waals surface area contributed by atoms with E-state index in [-0.39, 0.29) is 18.6 Å². The molecule has 0 fully saturated rings. The van der Waals surface area contributed by atoms with E-state index < -0.39 is 0 Å². The molecule has 0 spiro atoms. The van der Waals surface area contributed by atoms with Crippen molar-refractivity contribution in [2.75, 3.05) is 26.4 Å². The van der Waals surface area contributed by atoms with Crippen molar-refractivity contribution in [3.05, 3.63) is 35.9 Å². The molecule has 4 heteroatoms. The van der Waals surface area contributed by atoms with Gasteiger partial charge in [0.2, 0.25) is 5.91 Å². The standard InChI is InChI=1S/C16H25NO3/c1-3-4-10-19-11-12-20-13-16(18)17-14(2)15-8-6-5-7-9-15/h5-9,14H,3-4,10-13H2,1-2H3,(H,17,18). The minimum absolute atomic E-state index is 0.00638. The van der Waals surface area contributed by atoms with Crippen LogP contribution in [-0.4, -0.2) is 32.3 Å². The topological polar surface area (TPSA) is 47.6 Å². The van der Waals surface area contributed by atoms with E-state index in [2.05, 4.69) is 12.2 Å². The van der Waals surface area contributed by atoms with Gasteiger partial charge in [-0.05, 0) is 18.9 Å². The van der Waals surface area contributed by atoms with E-state index in [0.29, 0.717) is 13.2 Å². The molecule has 0 saturated carbocycles. The van der Waals surface area contributed by atoms with Crippen molar-refractivity contribution < 1.29 is 14.3 Å². The molecular weight excluding hydrogens is 254 g/mol. The van der Waals surface area contributed by atoms with Crippen LogP contribution in [0.1, 0.15) is 38.3 Å². The lowest BCUT2D eigenvalue weighted by Crippen LogP contribution is -2.30. The monoisotopic (exact) mass is 279 g/mol. The van der Waals surface area contributed by atoms with Crippen LogP contribution in [0.25, 0.3) is 0 Å². The van der Waals surface area contributed by atoms with Gasteiger partial charge in [0, 0.05) is 6.61 Å². The Kier molecular flexibility index (Phi) is 8.67.